The molecule has 0 aliphatic carbocycles. The number of nitriles is 1. The van der Waals surface area contributed by atoms with Gasteiger partial charge in [0.05, 0.1) is 0 Å². The zero-order valence-electron chi connectivity index (χ0n) is 8.31. The molecule has 0 atom stereocenters. The van der Waals surface area contributed by atoms with Crippen LogP contribution in [0.2, 0.25) is 0 Å². The lowest BCUT2D eigenvalue weighted by molar-refractivity contribution is 1.01. The van der Waals surface area contributed by atoms with E-state index in [2.05, 4.69) is 0 Å². The quantitative estimate of drug-likeness (QED) is 0.462. The van der Waals surface area contributed by atoms with Crippen molar-refractivity contribution in [2.75, 3.05) is 12.3 Å². The van der Waals surface area contributed by atoms with Gasteiger partial charge in [-0.2, -0.15) is 5.26 Å². The van der Waals surface area contributed by atoms with E-state index in [9.17, 15) is 0 Å². The van der Waals surface area contributed by atoms with Gasteiger partial charge in [-0.25, -0.2) is 0 Å². The monoisotopic (exact) mass is 219 g/mol. The maximum absolute atomic E-state index is 8.54. The van der Waals surface area contributed by atoms with Crippen LogP contribution < -0.4 is 11.5 Å². The number of anilines is 1. The molecule has 0 saturated carbocycles. The first kappa shape index (κ1) is 11.6. The van der Waals surface area contributed by atoms with Gasteiger partial charge in [-0.3, -0.25) is 0 Å². The molecule has 0 saturated heterocycles. The van der Waals surface area contributed by atoms with Crippen molar-refractivity contribution in [3.05, 3.63) is 29.8 Å². The van der Waals surface area contributed by atoms with Crippen molar-refractivity contribution in [1.82, 2.24) is 0 Å². The maximum Gasteiger partial charge on any atom is 0.138 e. The van der Waals surface area contributed by atoms with Gasteiger partial charge in [0.2, 0.25) is 0 Å². The van der Waals surface area contributed by atoms with Gasteiger partial charge in [-0.1, -0.05) is 12.2 Å². The summed E-state index contributed by atoms with van der Waals surface area (Å²) in [5, 5.41) is 10.6. The SMILES string of the molecule is N#CSc1ccc(N)c(C=CCCN)c1. The zero-order chi connectivity index (χ0) is 11.1. The van der Waals surface area contributed by atoms with Crippen LogP contribution in [0, 0.1) is 10.7 Å². The Morgan fingerprint density at radius 2 is 2.27 bits per heavy atom. The van der Waals surface area contributed by atoms with Crippen LogP contribution >= 0.6 is 11.8 Å². The minimum absolute atomic E-state index is 0.628. The molecule has 0 unspecified atom stereocenters. The number of thiocyanates is 1. The third-order valence-electron chi connectivity index (χ3n) is 1.85. The van der Waals surface area contributed by atoms with Crippen LogP contribution in [0.15, 0.2) is 29.2 Å². The van der Waals surface area contributed by atoms with E-state index in [0.717, 1.165) is 28.6 Å². The molecular weight excluding hydrogens is 206 g/mol. The van der Waals surface area contributed by atoms with E-state index in [1.54, 1.807) is 0 Å². The average Bonchev–Trinajstić information content (AvgIpc) is 2.23. The highest BCUT2D eigenvalue weighted by Gasteiger charge is 1.98. The van der Waals surface area contributed by atoms with E-state index in [4.69, 9.17) is 16.7 Å². The lowest BCUT2D eigenvalue weighted by Crippen LogP contribution is -1.95. The lowest BCUT2D eigenvalue weighted by atomic mass is 10.1. The van der Waals surface area contributed by atoms with Crippen molar-refractivity contribution >= 4 is 23.5 Å². The summed E-state index contributed by atoms with van der Waals surface area (Å²) in [6.07, 6.45) is 4.74. The molecule has 1 rings (SSSR count). The molecule has 3 nitrogen and oxygen atoms in total. The summed E-state index contributed by atoms with van der Waals surface area (Å²) < 4.78 is 0. The molecule has 78 valence electrons. The van der Waals surface area contributed by atoms with Crippen LogP contribution in [0.3, 0.4) is 0 Å². The molecule has 0 aliphatic rings. The van der Waals surface area contributed by atoms with Crippen molar-refractivity contribution < 1.29 is 0 Å². The fraction of sp³-hybridized carbons (Fsp3) is 0.182. The van der Waals surface area contributed by atoms with Crippen molar-refractivity contribution in [2.45, 2.75) is 11.3 Å². The number of benzene rings is 1. The summed E-state index contributed by atoms with van der Waals surface area (Å²) in [6.45, 7) is 0.628. The minimum atomic E-state index is 0.628. The summed E-state index contributed by atoms with van der Waals surface area (Å²) in [7, 11) is 0. The van der Waals surface area contributed by atoms with Crippen molar-refractivity contribution in [3.8, 4) is 5.40 Å². The molecule has 0 heterocycles. The molecular formula is C11H13N3S. The van der Waals surface area contributed by atoms with Gasteiger partial charge in [0.15, 0.2) is 0 Å². The highest BCUT2D eigenvalue weighted by molar-refractivity contribution is 8.03. The number of nitrogen functional groups attached to an aromatic ring is 1. The highest BCUT2D eigenvalue weighted by atomic mass is 32.2. The summed E-state index contributed by atoms with van der Waals surface area (Å²) in [5.74, 6) is 0. The van der Waals surface area contributed by atoms with Gasteiger partial charge in [0.1, 0.15) is 5.40 Å². The molecule has 1 aromatic carbocycles. The third kappa shape index (κ3) is 3.66. The Bertz CT molecular complexity index is 393. The Labute approximate surface area is 93.8 Å². The average molecular weight is 219 g/mol. The maximum atomic E-state index is 8.54. The van der Waals surface area contributed by atoms with Gasteiger partial charge in [-0.15, -0.1) is 0 Å². The van der Waals surface area contributed by atoms with Gasteiger partial charge >= 0.3 is 0 Å². The minimum Gasteiger partial charge on any atom is -0.398 e. The third-order valence-corrected chi connectivity index (χ3v) is 2.43. The summed E-state index contributed by atoms with van der Waals surface area (Å²) >= 11 is 1.13. The standard InChI is InChI=1S/C11H13N3S/c12-6-2-1-3-9-7-10(15-8-13)4-5-11(9)14/h1,3-5,7H,2,6,12,14H2. The highest BCUT2D eigenvalue weighted by Crippen LogP contribution is 2.23. The first-order chi connectivity index (χ1) is 7.27. The Balaban J connectivity index is 2.86. The number of hydrogen-bond donors (Lipinski definition) is 2. The number of hydrogen-bond acceptors (Lipinski definition) is 4. The Morgan fingerprint density at radius 3 is 2.93 bits per heavy atom. The molecule has 0 fully saturated rings. The van der Waals surface area contributed by atoms with E-state index >= 15 is 0 Å². The van der Waals surface area contributed by atoms with Gasteiger partial charge in [0.25, 0.3) is 0 Å². The van der Waals surface area contributed by atoms with Gasteiger partial charge < -0.3 is 11.5 Å². The second-order valence-corrected chi connectivity index (χ2v) is 3.82. The van der Waals surface area contributed by atoms with Crippen LogP contribution in [-0.4, -0.2) is 6.54 Å². The topological polar surface area (TPSA) is 75.8 Å². The number of nitrogens with zero attached hydrogens (tertiary/aromatic N) is 1. The predicted molar refractivity (Wildman–Crippen MR) is 65.0 cm³/mol. The molecule has 15 heavy (non-hydrogen) atoms. The van der Waals surface area contributed by atoms with E-state index in [-0.39, 0.29) is 0 Å². The molecule has 0 amide bonds. The fourth-order valence-electron chi connectivity index (χ4n) is 1.12. The molecule has 0 bridgehead atoms. The van der Waals surface area contributed by atoms with Crippen LogP contribution in [0.4, 0.5) is 5.69 Å². The second kappa shape index (κ2) is 6.12. The molecule has 4 heteroatoms. The summed E-state index contributed by atoms with van der Waals surface area (Å²) in [4.78, 5) is 0.902. The fourth-order valence-corrected chi connectivity index (χ4v) is 1.55. The van der Waals surface area contributed by atoms with Crippen LogP contribution in [0.25, 0.3) is 6.08 Å². The largest absolute Gasteiger partial charge is 0.398 e. The zero-order valence-corrected chi connectivity index (χ0v) is 9.13. The van der Waals surface area contributed by atoms with Crippen molar-refractivity contribution in [1.29, 1.82) is 5.26 Å². The van der Waals surface area contributed by atoms with Crippen LogP contribution in [0.1, 0.15) is 12.0 Å². The Morgan fingerprint density at radius 1 is 1.47 bits per heavy atom. The Kier molecular flexibility index (Phi) is 4.75. The van der Waals surface area contributed by atoms with E-state index in [1.807, 2.05) is 35.8 Å². The predicted octanol–water partition coefficient (Wildman–Crippen LogP) is 2.20. The first-order valence-corrected chi connectivity index (χ1v) is 5.41. The van der Waals surface area contributed by atoms with Gasteiger partial charge in [0, 0.05) is 10.6 Å². The van der Waals surface area contributed by atoms with Crippen molar-refractivity contribution in [3.63, 3.8) is 0 Å². The molecule has 0 radical (unpaired) electrons. The summed E-state index contributed by atoms with van der Waals surface area (Å²) in [6, 6.07) is 5.54. The summed E-state index contributed by atoms with van der Waals surface area (Å²) in [5.41, 5.74) is 12.8. The number of rotatable bonds is 4. The van der Waals surface area contributed by atoms with Crippen molar-refractivity contribution in [2.24, 2.45) is 5.73 Å². The number of nitrogens with two attached hydrogens (primary N) is 2. The Hall–Kier alpha value is -1.44. The molecule has 1 aromatic rings. The van der Waals surface area contributed by atoms with Crippen LogP contribution in [0.5, 0.6) is 0 Å². The van der Waals surface area contributed by atoms with E-state index < -0.39 is 0 Å². The second-order valence-electron chi connectivity index (χ2n) is 2.96. The van der Waals surface area contributed by atoms with Gasteiger partial charge in [-0.05, 0) is 48.5 Å². The molecule has 0 spiro atoms. The molecule has 0 aliphatic heterocycles. The molecule has 0 aromatic heterocycles. The van der Waals surface area contributed by atoms with Crippen LogP contribution in [-0.2, 0) is 0 Å². The molecule has 4 N–H and O–H groups in total. The first-order valence-electron chi connectivity index (χ1n) is 4.60. The normalized spacial score (nSPS) is 10.4. The smallest absolute Gasteiger partial charge is 0.138 e. The number of thioether (sulfide) groups is 1. The lowest BCUT2D eigenvalue weighted by Gasteiger charge is -2.01. The van der Waals surface area contributed by atoms with E-state index in [1.165, 1.54) is 0 Å². The van der Waals surface area contributed by atoms with E-state index in [0.29, 0.717) is 12.2 Å².